The Morgan fingerprint density at radius 1 is 1.43 bits per heavy atom. The first-order valence-electron chi connectivity index (χ1n) is 7.39. The largest absolute Gasteiger partial charge is 0.372 e. The van der Waals surface area contributed by atoms with Gasteiger partial charge < -0.3 is 4.74 Å². The average Bonchev–Trinajstić information content (AvgIpc) is 3.06. The molecule has 21 heavy (non-hydrogen) atoms. The zero-order chi connectivity index (χ0) is 14.8. The van der Waals surface area contributed by atoms with Gasteiger partial charge in [0.25, 0.3) is 0 Å². The molecule has 0 atom stereocenters. The smallest absolute Gasteiger partial charge is 0.107 e. The van der Waals surface area contributed by atoms with Crippen LogP contribution in [0.3, 0.4) is 0 Å². The Labute approximate surface area is 129 Å². The second kappa shape index (κ2) is 6.25. The number of nitrogens with zero attached hydrogens (tertiary/aromatic N) is 4. The molecule has 5 nitrogen and oxygen atoms in total. The molecule has 114 valence electrons. The molecular weight excluding hydrogens is 284 g/mol. The van der Waals surface area contributed by atoms with E-state index in [0.717, 1.165) is 31.7 Å². The van der Waals surface area contributed by atoms with E-state index >= 15 is 0 Å². The average molecular weight is 306 g/mol. The standard InChI is InChI=1S/C15H22N4OS/c1-11(2)20-10-13-12-4-6-19(8-14(12)18(3)17-13)9-15-16-5-7-21-15/h5,7,11H,4,6,8-10H2,1-3H3. The van der Waals surface area contributed by atoms with Gasteiger partial charge in [0, 0.05) is 37.3 Å². The molecule has 0 saturated heterocycles. The molecule has 3 rings (SSSR count). The minimum atomic E-state index is 0.243. The van der Waals surface area contributed by atoms with Gasteiger partial charge >= 0.3 is 0 Å². The Bertz CT molecular complexity index is 591. The highest BCUT2D eigenvalue weighted by Crippen LogP contribution is 2.24. The lowest BCUT2D eigenvalue weighted by Crippen LogP contribution is -2.31. The molecule has 0 aromatic carbocycles. The third kappa shape index (κ3) is 3.33. The third-order valence-corrected chi connectivity index (χ3v) is 4.57. The summed E-state index contributed by atoms with van der Waals surface area (Å²) in [6.07, 6.45) is 3.17. The minimum absolute atomic E-state index is 0.243. The fraction of sp³-hybridized carbons (Fsp3) is 0.600. The summed E-state index contributed by atoms with van der Waals surface area (Å²) in [7, 11) is 2.03. The lowest BCUT2D eigenvalue weighted by Gasteiger charge is -2.26. The van der Waals surface area contributed by atoms with Gasteiger partial charge in [0.1, 0.15) is 5.01 Å². The number of ether oxygens (including phenoxy) is 1. The first-order chi connectivity index (χ1) is 10.1. The van der Waals surface area contributed by atoms with Crippen LogP contribution in [0.25, 0.3) is 0 Å². The van der Waals surface area contributed by atoms with Crippen molar-refractivity contribution in [3.8, 4) is 0 Å². The van der Waals surface area contributed by atoms with Crippen molar-refractivity contribution in [3.63, 3.8) is 0 Å². The van der Waals surface area contributed by atoms with Gasteiger partial charge in [0.15, 0.2) is 0 Å². The molecule has 0 aliphatic carbocycles. The number of thiazole rings is 1. The van der Waals surface area contributed by atoms with Gasteiger partial charge in [0.05, 0.1) is 30.6 Å². The maximum Gasteiger partial charge on any atom is 0.107 e. The molecule has 0 spiro atoms. The summed E-state index contributed by atoms with van der Waals surface area (Å²) >= 11 is 1.72. The van der Waals surface area contributed by atoms with E-state index in [-0.39, 0.29) is 6.10 Å². The SMILES string of the molecule is CC(C)OCc1nn(C)c2c1CCN(Cc1nccs1)C2. The zero-order valence-corrected chi connectivity index (χ0v) is 13.7. The Morgan fingerprint density at radius 3 is 3.00 bits per heavy atom. The van der Waals surface area contributed by atoms with E-state index in [9.17, 15) is 0 Å². The summed E-state index contributed by atoms with van der Waals surface area (Å²) in [5, 5.41) is 7.87. The Balaban J connectivity index is 1.71. The number of fused-ring (bicyclic) bond motifs is 1. The van der Waals surface area contributed by atoms with Crippen LogP contribution in [0.5, 0.6) is 0 Å². The summed E-state index contributed by atoms with van der Waals surface area (Å²) in [6.45, 7) is 7.68. The summed E-state index contributed by atoms with van der Waals surface area (Å²) in [6, 6.07) is 0. The quantitative estimate of drug-likeness (QED) is 0.850. The topological polar surface area (TPSA) is 43.2 Å². The van der Waals surface area contributed by atoms with Crippen LogP contribution >= 0.6 is 11.3 Å². The van der Waals surface area contributed by atoms with Crippen LogP contribution in [0.4, 0.5) is 0 Å². The molecule has 1 aliphatic heterocycles. The highest BCUT2D eigenvalue weighted by atomic mass is 32.1. The number of hydrogen-bond donors (Lipinski definition) is 0. The lowest BCUT2D eigenvalue weighted by molar-refractivity contribution is 0.0627. The first-order valence-corrected chi connectivity index (χ1v) is 8.27. The van der Waals surface area contributed by atoms with Gasteiger partial charge in [-0.05, 0) is 20.3 Å². The van der Waals surface area contributed by atoms with Crippen LogP contribution < -0.4 is 0 Å². The van der Waals surface area contributed by atoms with Crippen LogP contribution in [0.2, 0.25) is 0 Å². The van der Waals surface area contributed by atoms with E-state index in [1.807, 2.05) is 23.3 Å². The van der Waals surface area contributed by atoms with Crippen molar-refractivity contribution < 1.29 is 4.74 Å². The summed E-state index contributed by atoms with van der Waals surface area (Å²) < 4.78 is 7.74. The monoisotopic (exact) mass is 306 g/mol. The minimum Gasteiger partial charge on any atom is -0.372 e. The number of rotatable bonds is 5. The van der Waals surface area contributed by atoms with Crippen LogP contribution in [-0.2, 0) is 37.9 Å². The lowest BCUT2D eigenvalue weighted by atomic mass is 10.0. The summed E-state index contributed by atoms with van der Waals surface area (Å²) in [4.78, 5) is 6.82. The van der Waals surface area contributed by atoms with Gasteiger partial charge in [-0.3, -0.25) is 9.58 Å². The highest BCUT2D eigenvalue weighted by Gasteiger charge is 2.24. The fourth-order valence-electron chi connectivity index (χ4n) is 2.73. The van der Waals surface area contributed by atoms with Crippen molar-refractivity contribution in [2.45, 2.75) is 46.1 Å². The molecule has 3 heterocycles. The molecule has 0 N–H and O–H groups in total. The van der Waals surface area contributed by atoms with Gasteiger partial charge in [-0.2, -0.15) is 5.10 Å². The van der Waals surface area contributed by atoms with Crippen molar-refractivity contribution >= 4 is 11.3 Å². The predicted molar refractivity (Wildman–Crippen MR) is 83.1 cm³/mol. The summed E-state index contributed by atoms with van der Waals surface area (Å²) in [5.74, 6) is 0. The number of aryl methyl sites for hydroxylation is 1. The Hall–Kier alpha value is -1.24. The second-order valence-electron chi connectivity index (χ2n) is 5.74. The van der Waals surface area contributed by atoms with Gasteiger partial charge in [-0.25, -0.2) is 4.98 Å². The van der Waals surface area contributed by atoms with Gasteiger partial charge in [-0.1, -0.05) is 0 Å². The Morgan fingerprint density at radius 2 is 2.29 bits per heavy atom. The molecular formula is C15H22N4OS. The number of hydrogen-bond acceptors (Lipinski definition) is 5. The molecule has 1 aliphatic rings. The summed E-state index contributed by atoms with van der Waals surface area (Å²) in [5.41, 5.74) is 3.81. The van der Waals surface area contributed by atoms with Crippen molar-refractivity contribution in [2.75, 3.05) is 6.54 Å². The fourth-order valence-corrected chi connectivity index (χ4v) is 3.39. The van der Waals surface area contributed by atoms with Crippen molar-refractivity contribution in [2.24, 2.45) is 7.05 Å². The highest BCUT2D eigenvalue weighted by molar-refractivity contribution is 7.09. The van der Waals surface area contributed by atoms with E-state index < -0.39 is 0 Å². The van der Waals surface area contributed by atoms with E-state index in [1.54, 1.807) is 11.3 Å². The molecule has 2 aromatic rings. The van der Waals surface area contributed by atoms with Crippen LogP contribution in [-0.4, -0.2) is 32.3 Å². The molecule has 0 amide bonds. The molecule has 2 aromatic heterocycles. The molecule has 0 fully saturated rings. The van der Waals surface area contributed by atoms with Crippen LogP contribution in [0.1, 0.15) is 35.8 Å². The van der Waals surface area contributed by atoms with E-state index in [1.165, 1.54) is 16.3 Å². The van der Waals surface area contributed by atoms with E-state index in [2.05, 4.69) is 28.8 Å². The zero-order valence-electron chi connectivity index (χ0n) is 12.9. The van der Waals surface area contributed by atoms with Gasteiger partial charge in [-0.15, -0.1) is 11.3 Å². The normalized spacial score (nSPS) is 15.6. The third-order valence-electron chi connectivity index (χ3n) is 3.81. The first kappa shape index (κ1) is 14.7. The maximum atomic E-state index is 5.72. The van der Waals surface area contributed by atoms with Crippen molar-refractivity contribution in [3.05, 3.63) is 33.5 Å². The molecule has 0 unspecified atom stereocenters. The Kier molecular flexibility index (Phi) is 4.37. The molecule has 0 bridgehead atoms. The van der Waals surface area contributed by atoms with E-state index in [4.69, 9.17) is 4.74 Å². The second-order valence-corrected chi connectivity index (χ2v) is 6.72. The van der Waals surface area contributed by atoms with E-state index in [0.29, 0.717) is 6.61 Å². The van der Waals surface area contributed by atoms with Gasteiger partial charge in [0.2, 0.25) is 0 Å². The number of aromatic nitrogens is 3. The van der Waals surface area contributed by atoms with Crippen molar-refractivity contribution in [1.82, 2.24) is 19.7 Å². The van der Waals surface area contributed by atoms with Crippen LogP contribution in [0.15, 0.2) is 11.6 Å². The maximum absolute atomic E-state index is 5.72. The predicted octanol–water partition coefficient (Wildman–Crippen LogP) is 2.36. The molecule has 6 heteroatoms. The molecule has 0 saturated carbocycles. The molecule has 0 radical (unpaired) electrons. The van der Waals surface area contributed by atoms with Crippen molar-refractivity contribution in [1.29, 1.82) is 0 Å². The van der Waals surface area contributed by atoms with Crippen LogP contribution in [0, 0.1) is 0 Å².